The summed E-state index contributed by atoms with van der Waals surface area (Å²) in [7, 11) is 1.87. The number of rotatable bonds is 8. The van der Waals surface area contributed by atoms with E-state index < -0.39 is 0 Å². The molecule has 0 saturated carbocycles. The summed E-state index contributed by atoms with van der Waals surface area (Å²) >= 11 is 1.67. The van der Waals surface area contributed by atoms with E-state index in [9.17, 15) is 4.79 Å². The lowest BCUT2D eigenvalue weighted by molar-refractivity contribution is -0.130. The van der Waals surface area contributed by atoms with E-state index in [2.05, 4.69) is 34.5 Å². The second kappa shape index (κ2) is 10.7. The number of carbonyl (C=O) groups is 1. The Morgan fingerprint density at radius 1 is 1.06 bits per heavy atom. The highest BCUT2D eigenvalue weighted by Gasteiger charge is 2.21. The lowest BCUT2D eigenvalue weighted by atomic mass is 9.88. The molecule has 1 amide bonds. The summed E-state index contributed by atoms with van der Waals surface area (Å²) in [4.78, 5) is 22.0. The average Bonchev–Trinajstić information content (AvgIpc) is 3.25. The molecule has 0 atom stereocenters. The highest BCUT2D eigenvalue weighted by Crippen LogP contribution is 2.28. The Balaban J connectivity index is 1.39. The first-order chi connectivity index (χ1) is 15.2. The Kier molecular flexibility index (Phi) is 7.46. The van der Waals surface area contributed by atoms with Crippen molar-refractivity contribution < 1.29 is 9.53 Å². The molecule has 0 N–H and O–H groups in total. The van der Waals surface area contributed by atoms with Crippen LogP contribution < -0.4 is 0 Å². The van der Waals surface area contributed by atoms with Crippen molar-refractivity contribution in [3.63, 3.8) is 0 Å². The third kappa shape index (κ3) is 6.00. The Hall–Kier alpha value is -2.54. The predicted molar refractivity (Wildman–Crippen MR) is 124 cm³/mol. The summed E-state index contributed by atoms with van der Waals surface area (Å²) < 4.78 is 5.41. The summed E-state index contributed by atoms with van der Waals surface area (Å²) in [6.45, 7) is 4.88. The zero-order valence-electron chi connectivity index (χ0n) is 17.9. The first kappa shape index (κ1) is 21.7. The van der Waals surface area contributed by atoms with Crippen LogP contribution in [0.4, 0.5) is 0 Å². The largest absolute Gasteiger partial charge is 0.379 e. The maximum absolute atomic E-state index is 13.1. The van der Waals surface area contributed by atoms with Crippen LogP contribution in [-0.4, -0.2) is 54.0 Å². The molecule has 1 saturated heterocycles. The van der Waals surface area contributed by atoms with Gasteiger partial charge < -0.3 is 9.64 Å². The SMILES string of the molecule is CN(Cc1csc(CN2CCOCC2)n1)C(=O)CC(c1ccccc1)c1ccccc1. The van der Waals surface area contributed by atoms with Crippen molar-refractivity contribution in [1.82, 2.24) is 14.8 Å². The smallest absolute Gasteiger partial charge is 0.223 e. The van der Waals surface area contributed by atoms with Crippen molar-refractivity contribution in [3.05, 3.63) is 87.9 Å². The maximum atomic E-state index is 13.1. The second-order valence-electron chi connectivity index (χ2n) is 7.95. The maximum Gasteiger partial charge on any atom is 0.223 e. The number of aromatic nitrogens is 1. The number of ether oxygens (including phenoxy) is 1. The van der Waals surface area contributed by atoms with Crippen LogP contribution in [0.25, 0.3) is 0 Å². The van der Waals surface area contributed by atoms with E-state index in [1.165, 1.54) is 0 Å². The van der Waals surface area contributed by atoms with Gasteiger partial charge in [0.05, 0.1) is 32.0 Å². The second-order valence-corrected chi connectivity index (χ2v) is 8.89. The molecule has 0 unspecified atom stereocenters. The minimum atomic E-state index is 0.0460. The fourth-order valence-corrected chi connectivity index (χ4v) is 4.73. The highest BCUT2D eigenvalue weighted by molar-refractivity contribution is 7.09. The Morgan fingerprint density at radius 3 is 2.29 bits per heavy atom. The molecule has 0 spiro atoms. The van der Waals surface area contributed by atoms with E-state index >= 15 is 0 Å². The van der Waals surface area contributed by atoms with E-state index in [1.807, 2.05) is 43.4 Å². The van der Waals surface area contributed by atoms with Gasteiger partial charge in [-0.15, -0.1) is 11.3 Å². The standard InChI is InChI=1S/C25H29N3O2S/c1-27(17-22-19-31-24(26-22)18-28-12-14-30-15-13-28)25(29)16-23(20-8-4-2-5-9-20)21-10-6-3-7-11-21/h2-11,19,23H,12-18H2,1H3. The molecule has 31 heavy (non-hydrogen) atoms. The van der Waals surface area contributed by atoms with Gasteiger partial charge in [-0.05, 0) is 11.1 Å². The molecule has 1 fully saturated rings. The van der Waals surface area contributed by atoms with Crippen molar-refractivity contribution >= 4 is 17.2 Å². The van der Waals surface area contributed by atoms with Crippen LogP contribution in [0.2, 0.25) is 0 Å². The van der Waals surface area contributed by atoms with E-state index in [-0.39, 0.29) is 11.8 Å². The molecule has 1 aliphatic rings. The number of amides is 1. The lowest BCUT2D eigenvalue weighted by Crippen LogP contribution is -2.35. The van der Waals surface area contributed by atoms with E-state index in [1.54, 1.807) is 16.2 Å². The average molecular weight is 436 g/mol. The molecule has 1 aliphatic heterocycles. The van der Waals surface area contributed by atoms with Crippen LogP contribution in [-0.2, 0) is 22.6 Å². The summed E-state index contributed by atoms with van der Waals surface area (Å²) in [5, 5.41) is 3.18. The van der Waals surface area contributed by atoms with E-state index in [0.29, 0.717) is 13.0 Å². The molecule has 3 aromatic rings. The molecule has 1 aromatic heterocycles. The molecule has 6 heteroatoms. The van der Waals surface area contributed by atoms with Crippen molar-refractivity contribution in [2.75, 3.05) is 33.4 Å². The zero-order valence-corrected chi connectivity index (χ0v) is 18.8. The van der Waals surface area contributed by atoms with Crippen LogP contribution in [0.5, 0.6) is 0 Å². The number of carbonyl (C=O) groups excluding carboxylic acids is 1. The summed E-state index contributed by atoms with van der Waals surface area (Å²) in [6.07, 6.45) is 0.440. The number of hydrogen-bond donors (Lipinski definition) is 0. The minimum Gasteiger partial charge on any atom is -0.379 e. The highest BCUT2D eigenvalue weighted by atomic mass is 32.1. The van der Waals surface area contributed by atoms with Gasteiger partial charge in [-0.3, -0.25) is 9.69 Å². The van der Waals surface area contributed by atoms with Gasteiger partial charge in [-0.25, -0.2) is 4.98 Å². The molecule has 0 bridgehead atoms. The van der Waals surface area contributed by atoms with Crippen LogP contribution in [0.3, 0.4) is 0 Å². The van der Waals surface area contributed by atoms with Crippen molar-refractivity contribution in [3.8, 4) is 0 Å². The van der Waals surface area contributed by atoms with Crippen molar-refractivity contribution in [2.45, 2.75) is 25.4 Å². The molecule has 0 radical (unpaired) electrons. The molecular formula is C25H29N3O2S. The normalized spacial score (nSPS) is 14.6. The van der Waals surface area contributed by atoms with Crippen molar-refractivity contribution in [2.24, 2.45) is 0 Å². The third-order valence-electron chi connectivity index (χ3n) is 5.67. The van der Waals surface area contributed by atoms with Crippen LogP contribution >= 0.6 is 11.3 Å². The zero-order chi connectivity index (χ0) is 21.5. The van der Waals surface area contributed by atoms with E-state index in [4.69, 9.17) is 9.72 Å². The Bertz CT molecular complexity index is 916. The molecule has 5 nitrogen and oxygen atoms in total. The fourth-order valence-electron chi connectivity index (χ4n) is 3.91. The summed E-state index contributed by atoms with van der Waals surface area (Å²) in [5.41, 5.74) is 3.29. The Labute approximate surface area is 188 Å². The number of thiazole rings is 1. The predicted octanol–water partition coefficient (Wildman–Crippen LogP) is 4.16. The quantitative estimate of drug-likeness (QED) is 0.533. The van der Waals surface area contributed by atoms with Gasteiger partial charge in [0.1, 0.15) is 5.01 Å². The van der Waals surface area contributed by atoms with Crippen LogP contribution in [0.15, 0.2) is 66.0 Å². The molecule has 4 rings (SSSR count). The van der Waals surface area contributed by atoms with Gasteiger partial charge in [-0.1, -0.05) is 60.7 Å². The molecular weight excluding hydrogens is 406 g/mol. The lowest BCUT2D eigenvalue weighted by Gasteiger charge is -2.25. The first-order valence-corrected chi connectivity index (χ1v) is 11.6. The van der Waals surface area contributed by atoms with Gasteiger partial charge >= 0.3 is 0 Å². The monoisotopic (exact) mass is 435 g/mol. The first-order valence-electron chi connectivity index (χ1n) is 10.8. The van der Waals surface area contributed by atoms with E-state index in [0.717, 1.165) is 54.7 Å². The fraction of sp³-hybridized carbons (Fsp3) is 0.360. The number of hydrogen-bond acceptors (Lipinski definition) is 5. The third-order valence-corrected chi connectivity index (χ3v) is 6.55. The molecule has 162 valence electrons. The molecule has 0 aliphatic carbocycles. The molecule has 2 aromatic carbocycles. The van der Waals surface area contributed by atoms with Crippen LogP contribution in [0.1, 0.15) is 34.2 Å². The van der Waals surface area contributed by atoms with Gasteiger partial charge in [0, 0.05) is 37.9 Å². The van der Waals surface area contributed by atoms with Crippen molar-refractivity contribution in [1.29, 1.82) is 0 Å². The molecule has 2 heterocycles. The summed E-state index contributed by atoms with van der Waals surface area (Å²) in [5.74, 6) is 0.171. The van der Waals surface area contributed by atoms with Gasteiger partial charge in [0.25, 0.3) is 0 Å². The minimum absolute atomic E-state index is 0.0460. The van der Waals surface area contributed by atoms with Gasteiger partial charge in [0.2, 0.25) is 5.91 Å². The van der Waals surface area contributed by atoms with Gasteiger partial charge in [0.15, 0.2) is 0 Å². The van der Waals surface area contributed by atoms with Crippen LogP contribution in [0, 0.1) is 0 Å². The van der Waals surface area contributed by atoms with Gasteiger partial charge in [-0.2, -0.15) is 0 Å². The number of benzene rings is 2. The summed E-state index contributed by atoms with van der Waals surface area (Å²) in [6, 6.07) is 20.6. The number of morpholine rings is 1. The topological polar surface area (TPSA) is 45.7 Å². The number of nitrogens with zero attached hydrogens (tertiary/aromatic N) is 3. The Morgan fingerprint density at radius 2 is 1.68 bits per heavy atom.